The molecule has 1 aromatic rings. The molecule has 2 aliphatic rings. The third-order valence-corrected chi connectivity index (χ3v) is 6.86. The van der Waals surface area contributed by atoms with Crippen LogP contribution in [0.2, 0.25) is 0 Å². The predicted molar refractivity (Wildman–Crippen MR) is 122 cm³/mol. The normalized spacial score (nSPS) is 23.2. The fourth-order valence-corrected chi connectivity index (χ4v) is 5.45. The van der Waals surface area contributed by atoms with Crippen LogP contribution in [0.4, 0.5) is 0 Å². The Bertz CT molecular complexity index is 671. The number of ether oxygens (including phenoxy) is 2. The third-order valence-electron chi connectivity index (χ3n) is 5.62. The van der Waals surface area contributed by atoms with Gasteiger partial charge in [0, 0.05) is 43.0 Å². The molecule has 6 nitrogen and oxygen atoms in total. The molecule has 3 rings (SSSR count). The van der Waals surface area contributed by atoms with Gasteiger partial charge in [-0.2, -0.15) is 11.8 Å². The summed E-state index contributed by atoms with van der Waals surface area (Å²) in [7, 11) is 0. The number of rotatable bonds is 8. The zero-order chi connectivity index (χ0) is 20.5. The number of thioether (sulfide) groups is 1. The van der Waals surface area contributed by atoms with E-state index < -0.39 is 0 Å². The molecule has 2 fully saturated rings. The van der Waals surface area contributed by atoms with Crippen LogP contribution < -0.4 is 15.4 Å². The summed E-state index contributed by atoms with van der Waals surface area (Å²) in [6.07, 6.45) is 1.22. The third kappa shape index (κ3) is 6.03. The van der Waals surface area contributed by atoms with E-state index in [2.05, 4.69) is 59.3 Å². The van der Waals surface area contributed by atoms with E-state index in [0.717, 1.165) is 56.7 Å². The number of aryl methyl sites for hydroxylation is 1. The first kappa shape index (κ1) is 22.2. The van der Waals surface area contributed by atoms with Gasteiger partial charge < -0.3 is 20.1 Å². The minimum absolute atomic E-state index is 0.199. The SMILES string of the molecule is CCNC(=NCc1ccc(C)cc1OCC)NCC1(N2CCOCC2)CCSC1. The molecule has 29 heavy (non-hydrogen) atoms. The first-order valence-electron chi connectivity index (χ1n) is 10.8. The van der Waals surface area contributed by atoms with Crippen LogP contribution >= 0.6 is 11.8 Å². The maximum atomic E-state index is 5.82. The molecule has 0 spiro atoms. The van der Waals surface area contributed by atoms with Crippen LogP contribution in [0.25, 0.3) is 0 Å². The van der Waals surface area contributed by atoms with Crippen LogP contribution in [-0.4, -0.2) is 73.9 Å². The molecular formula is C22H36N4O2S. The second kappa shape index (κ2) is 11.1. The Balaban J connectivity index is 1.67. The average Bonchev–Trinajstić information content (AvgIpc) is 3.22. The van der Waals surface area contributed by atoms with Gasteiger partial charge in [-0.3, -0.25) is 4.90 Å². The summed E-state index contributed by atoms with van der Waals surface area (Å²) in [5.74, 6) is 4.21. The molecule has 0 aromatic heterocycles. The molecule has 2 aliphatic heterocycles. The number of hydrogen-bond acceptors (Lipinski definition) is 5. The van der Waals surface area contributed by atoms with Gasteiger partial charge in [0.2, 0.25) is 0 Å². The Hall–Kier alpha value is -1.44. The number of aliphatic imine (C=N–C) groups is 1. The van der Waals surface area contributed by atoms with Gasteiger partial charge in [0.05, 0.1) is 26.4 Å². The molecular weight excluding hydrogens is 384 g/mol. The molecule has 7 heteroatoms. The van der Waals surface area contributed by atoms with Crippen LogP contribution in [-0.2, 0) is 11.3 Å². The maximum absolute atomic E-state index is 5.82. The second-order valence-electron chi connectivity index (χ2n) is 7.72. The van der Waals surface area contributed by atoms with Crippen molar-refractivity contribution in [3.63, 3.8) is 0 Å². The summed E-state index contributed by atoms with van der Waals surface area (Å²) in [6, 6.07) is 6.34. The van der Waals surface area contributed by atoms with Gasteiger partial charge in [-0.05, 0) is 44.6 Å². The average molecular weight is 421 g/mol. The van der Waals surface area contributed by atoms with Crippen LogP contribution in [0.15, 0.2) is 23.2 Å². The standard InChI is InChI=1S/C22H36N4O2S/c1-4-23-21(24-15-19-7-6-18(3)14-20(19)28-5-2)25-16-22(8-13-29-17-22)26-9-11-27-12-10-26/h6-7,14H,4-5,8-13,15-17H2,1-3H3,(H2,23,24,25). The zero-order valence-electron chi connectivity index (χ0n) is 18.1. The molecule has 1 aromatic carbocycles. The number of nitrogens with zero attached hydrogens (tertiary/aromatic N) is 2. The van der Waals surface area contributed by atoms with Gasteiger partial charge in [-0.15, -0.1) is 0 Å². The minimum atomic E-state index is 0.199. The molecule has 2 N–H and O–H groups in total. The Morgan fingerprint density at radius 1 is 1.28 bits per heavy atom. The van der Waals surface area contributed by atoms with Crippen LogP contribution in [0.5, 0.6) is 5.75 Å². The van der Waals surface area contributed by atoms with Crippen LogP contribution in [0.1, 0.15) is 31.4 Å². The Morgan fingerprint density at radius 2 is 2.10 bits per heavy atom. The Morgan fingerprint density at radius 3 is 2.79 bits per heavy atom. The lowest BCUT2D eigenvalue weighted by Crippen LogP contribution is -2.60. The first-order chi connectivity index (χ1) is 14.2. The highest BCUT2D eigenvalue weighted by Crippen LogP contribution is 2.33. The smallest absolute Gasteiger partial charge is 0.191 e. The van der Waals surface area contributed by atoms with Crippen molar-refractivity contribution in [2.24, 2.45) is 4.99 Å². The quantitative estimate of drug-likeness (QED) is 0.498. The minimum Gasteiger partial charge on any atom is -0.494 e. The van der Waals surface area contributed by atoms with Gasteiger partial charge in [0.1, 0.15) is 5.75 Å². The van der Waals surface area contributed by atoms with Crippen molar-refractivity contribution in [1.29, 1.82) is 0 Å². The van der Waals surface area contributed by atoms with E-state index in [1.807, 2.05) is 6.92 Å². The molecule has 0 aliphatic carbocycles. The Labute approximate surface area is 179 Å². The summed E-state index contributed by atoms with van der Waals surface area (Å²) in [4.78, 5) is 7.48. The van der Waals surface area contributed by atoms with E-state index in [4.69, 9.17) is 14.5 Å². The molecule has 0 bridgehead atoms. The molecule has 1 unspecified atom stereocenters. The number of guanidine groups is 1. The van der Waals surface area contributed by atoms with Crippen molar-refractivity contribution >= 4 is 17.7 Å². The van der Waals surface area contributed by atoms with E-state index in [-0.39, 0.29) is 5.54 Å². The molecule has 0 radical (unpaired) electrons. The van der Waals surface area contributed by atoms with E-state index in [1.165, 1.54) is 23.5 Å². The summed E-state index contributed by atoms with van der Waals surface area (Å²) in [5, 5.41) is 7.04. The topological polar surface area (TPSA) is 58.1 Å². The summed E-state index contributed by atoms with van der Waals surface area (Å²) >= 11 is 2.06. The van der Waals surface area contributed by atoms with E-state index in [1.54, 1.807) is 0 Å². The fourth-order valence-electron chi connectivity index (χ4n) is 3.97. The van der Waals surface area contributed by atoms with Crippen molar-refractivity contribution in [2.45, 2.75) is 39.3 Å². The fraction of sp³-hybridized carbons (Fsp3) is 0.682. The van der Waals surface area contributed by atoms with Crippen molar-refractivity contribution in [2.75, 3.05) is 57.5 Å². The monoisotopic (exact) mass is 420 g/mol. The molecule has 162 valence electrons. The van der Waals surface area contributed by atoms with Gasteiger partial charge in [0.25, 0.3) is 0 Å². The van der Waals surface area contributed by atoms with Gasteiger partial charge in [-0.1, -0.05) is 12.1 Å². The summed E-state index contributed by atoms with van der Waals surface area (Å²) in [6.45, 7) is 13.0. The predicted octanol–water partition coefficient (Wildman–Crippen LogP) is 2.66. The number of benzene rings is 1. The lowest BCUT2D eigenvalue weighted by molar-refractivity contribution is -0.0120. The van der Waals surface area contributed by atoms with Crippen molar-refractivity contribution < 1.29 is 9.47 Å². The number of morpholine rings is 1. The highest BCUT2D eigenvalue weighted by atomic mass is 32.2. The van der Waals surface area contributed by atoms with Crippen molar-refractivity contribution in [3.05, 3.63) is 29.3 Å². The molecule has 0 saturated carbocycles. The highest BCUT2D eigenvalue weighted by Gasteiger charge is 2.40. The van der Waals surface area contributed by atoms with Gasteiger partial charge in [0.15, 0.2) is 5.96 Å². The number of nitrogens with one attached hydrogen (secondary N) is 2. The van der Waals surface area contributed by atoms with Gasteiger partial charge >= 0.3 is 0 Å². The summed E-state index contributed by atoms with van der Waals surface area (Å²) in [5.41, 5.74) is 2.52. The molecule has 1 atom stereocenters. The molecule has 0 amide bonds. The largest absolute Gasteiger partial charge is 0.494 e. The van der Waals surface area contributed by atoms with E-state index in [9.17, 15) is 0 Å². The number of hydrogen-bond donors (Lipinski definition) is 2. The van der Waals surface area contributed by atoms with E-state index in [0.29, 0.717) is 13.2 Å². The molecule has 2 saturated heterocycles. The highest BCUT2D eigenvalue weighted by molar-refractivity contribution is 7.99. The Kier molecular flexibility index (Phi) is 8.51. The van der Waals surface area contributed by atoms with E-state index >= 15 is 0 Å². The lowest BCUT2D eigenvalue weighted by atomic mass is 9.95. The van der Waals surface area contributed by atoms with Crippen LogP contribution in [0.3, 0.4) is 0 Å². The lowest BCUT2D eigenvalue weighted by Gasteiger charge is -2.43. The summed E-state index contributed by atoms with van der Waals surface area (Å²) < 4.78 is 11.4. The first-order valence-corrected chi connectivity index (χ1v) is 12.0. The van der Waals surface area contributed by atoms with Gasteiger partial charge in [-0.25, -0.2) is 4.99 Å². The van der Waals surface area contributed by atoms with Crippen molar-refractivity contribution in [1.82, 2.24) is 15.5 Å². The second-order valence-corrected chi connectivity index (χ2v) is 8.82. The maximum Gasteiger partial charge on any atom is 0.191 e. The zero-order valence-corrected chi connectivity index (χ0v) is 18.9. The molecule has 2 heterocycles. The van der Waals surface area contributed by atoms with Crippen molar-refractivity contribution in [3.8, 4) is 5.75 Å². The van der Waals surface area contributed by atoms with Crippen LogP contribution in [0, 0.1) is 6.92 Å².